The first-order valence-corrected chi connectivity index (χ1v) is 9.54. The van der Waals surface area contributed by atoms with E-state index in [2.05, 4.69) is 10.6 Å². The number of fused-ring (bicyclic) bond motifs is 1. The fraction of sp³-hybridized carbons (Fsp3) is 0.333. The molecule has 2 saturated heterocycles. The van der Waals surface area contributed by atoms with Crippen LogP contribution in [-0.4, -0.2) is 101 Å². The summed E-state index contributed by atoms with van der Waals surface area (Å²) in [7, 11) is -4.64. The molecular formula is C15H17N5NaO7S. The number of nitrogens with two attached hydrogens (primary N) is 1. The van der Waals surface area contributed by atoms with Gasteiger partial charge in [-0.25, -0.2) is 9.10 Å². The third-order valence-electron chi connectivity index (χ3n) is 4.47. The zero-order chi connectivity index (χ0) is 20.6. The van der Waals surface area contributed by atoms with Crippen LogP contribution in [0.15, 0.2) is 24.3 Å². The molecule has 0 saturated carbocycles. The largest absolute Gasteiger partial charge is 0.368 e. The Bertz CT molecular complexity index is 952. The minimum absolute atomic E-state index is 0. The SMILES string of the molecule is NC(=O)CNC(=O)c1ccc(NC(=O)N2CC[C@@H]3[C@H]2C(=O)N3S(=O)(=O)O)cc1.[Na]. The van der Waals surface area contributed by atoms with Crippen molar-refractivity contribution in [3.05, 3.63) is 29.8 Å². The molecule has 29 heavy (non-hydrogen) atoms. The van der Waals surface area contributed by atoms with Crippen LogP contribution in [0, 0.1) is 0 Å². The van der Waals surface area contributed by atoms with Crippen molar-refractivity contribution in [2.75, 3.05) is 18.4 Å². The van der Waals surface area contributed by atoms with E-state index in [1.165, 1.54) is 29.2 Å². The Kier molecular flexibility index (Phi) is 6.90. The van der Waals surface area contributed by atoms with Gasteiger partial charge in [0, 0.05) is 47.4 Å². The number of primary amides is 1. The number of carbonyl (C=O) groups is 4. The van der Waals surface area contributed by atoms with Crippen molar-refractivity contribution >= 4 is 69.3 Å². The first-order valence-electron chi connectivity index (χ1n) is 8.14. The van der Waals surface area contributed by atoms with E-state index in [1.807, 2.05) is 0 Å². The molecule has 1 radical (unpaired) electrons. The van der Waals surface area contributed by atoms with Gasteiger partial charge in [0.1, 0.15) is 6.04 Å². The van der Waals surface area contributed by atoms with Crippen molar-refractivity contribution in [1.29, 1.82) is 0 Å². The summed E-state index contributed by atoms with van der Waals surface area (Å²) in [6.07, 6.45) is 0.225. The van der Waals surface area contributed by atoms with E-state index in [4.69, 9.17) is 10.3 Å². The van der Waals surface area contributed by atoms with Gasteiger partial charge < -0.3 is 21.3 Å². The van der Waals surface area contributed by atoms with Crippen LogP contribution in [0.3, 0.4) is 0 Å². The molecule has 5 N–H and O–H groups in total. The summed E-state index contributed by atoms with van der Waals surface area (Å²) in [5.74, 6) is -2.05. The van der Waals surface area contributed by atoms with Gasteiger partial charge in [-0.1, -0.05) is 0 Å². The average Bonchev–Trinajstić information content (AvgIpc) is 2.97. The number of benzene rings is 1. The van der Waals surface area contributed by atoms with Crippen LogP contribution in [0.5, 0.6) is 0 Å². The molecule has 1 aromatic rings. The smallest absolute Gasteiger partial charge is 0.362 e. The van der Waals surface area contributed by atoms with Crippen LogP contribution in [-0.2, 0) is 19.9 Å². The maximum Gasteiger partial charge on any atom is 0.362 e. The average molecular weight is 434 g/mol. The number of anilines is 1. The number of rotatable bonds is 5. The van der Waals surface area contributed by atoms with Gasteiger partial charge in [0.25, 0.3) is 11.8 Å². The second-order valence-electron chi connectivity index (χ2n) is 6.26. The van der Waals surface area contributed by atoms with Crippen LogP contribution in [0.1, 0.15) is 16.8 Å². The van der Waals surface area contributed by atoms with Gasteiger partial charge in [0.2, 0.25) is 5.91 Å². The number of hydrogen-bond donors (Lipinski definition) is 4. The van der Waals surface area contributed by atoms with Crippen LogP contribution in [0.2, 0.25) is 0 Å². The fourth-order valence-corrected chi connectivity index (χ4v) is 4.11. The van der Waals surface area contributed by atoms with Crippen LogP contribution in [0.25, 0.3) is 0 Å². The quantitative estimate of drug-likeness (QED) is 0.238. The van der Waals surface area contributed by atoms with E-state index in [0.29, 0.717) is 9.99 Å². The van der Waals surface area contributed by atoms with E-state index >= 15 is 0 Å². The number of urea groups is 1. The number of nitrogens with zero attached hydrogens (tertiary/aromatic N) is 2. The Labute approximate surface area is 187 Å². The predicted molar refractivity (Wildman–Crippen MR) is 100 cm³/mol. The van der Waals surface area contributed by atoms with Crippen molar-refractivity contribution in [2.45, 2.75) is 18.5 Å². The minimum Gasteiger partial charge on any atom is -0.368 e. The maximum atomic E-state index is 12.4. The molecule has 0 spiro atoms. The first-order chi connectivity index (χ1) is 13.1. The third-order valence-corrected chi connectivity index (χ3v) is 5.42. The summed E-state index contributed by atoms with van der Waals surface area (Å²) in [6, 6.07) is 3.43. The standard InChI is InChI=1S/C15H17N5O7S.Na/c16-11(21)7-17-13(22)8-1-3-9(4-2-8)18-15(24)19-6-5-10-12(19)14(23)20(10)28(25,26)27;/h1-4,10,12H,5-7H2,(H2,16,21)(H,17,22)(H,18,24)(H,25,26,27);/t10-,12+;/m1./s1. The van der Waals surface area contributed by atoms with Gasteiger partial charge in [-0.2, -0.15) is 8.42 Å². The Hall–Kier alpha value is -2.19. The summed E-state index contributed by atoms with van der Waals surface area (Å²) >= 11 is 0. The number of carbonyl (C=O) groups excluding carboxylic acids is 4. The zero-order valence-electron chi connectivity index (χ0n) is 15.4. The molecule has 1 aromatic carbocycles. The molecule has 0 aromatic heterocycles. The van der Waals surface area contributed by atoms with E-state index in [1.54, 1.807) is 0 Å². The number of nitrogens with one attached hydrogen (secondary N) is 2. The summed E-state index contributed by atoms with van der Waals surface area (Å²) < 4.78 is 31.8. The van der Waals surface area contributed by atoms with Crippen molar-refractivity contribution in [1.82, 2.24) is 14.5 Å². The van der Waals surface area contributed by atoms with E-state index < -0.39 is 46.1 Å². The van der Waals surface area contributed by atoms with Crippen molar-refractivity contribution in [2.24, 2.45) is 5.73 Å². The zero-order valence-corrected chi connectivity index (χ0v) is 18.2. The van der Waals surface area contributed by atoms with E-state index in [9.17, 15) is 27.6 Å². The number of likely N-dealkylation sites (tertiary alicyclic amines) is 1. The molecule has 0 aliphatic carbocycles. The molecule has 2 fully saturated rings. The molecule has 151 valence electrons. The second kappa shape index (κ2) is 8.67. The Morgan fingerprint density at radius 1 is 1.21 bits per heavy atom. The summed E-state index contributed by atoms with van der Waals surface area (Å²) in [5.41, 5.74) is 5.54. The van der Waals surface area contributed by atoms with Crippen LogP contribution < -0.4 is 16.4 Å². The second-order valence-corrected chi connectivity index (χ2v) is 7.55. The monoisotopic (exact) mass is 434 g/mol. The third kappa shape index (κ3) is 4.70. The number of amides is 5. The molecule has 2 atom stereocenters. The summed E-state index contributed by atoms with van der Waals surface area (Å²) in [6.45, 7) is -0.157. The summed E-state index contributed by atoms with van der Waals surface area (Å²) in [4.78, 5) is 48.0. The van der Waals surface area contributed by atoms with Gasteiger partial charge in [0.15, 0.2) is 0 Å². The first kappa shape index (κ1) is 23.1. The fourth-order valence-electron chi connectivity index (χ4n) is 3.21. The molecule has 12 nitrogen and oxygen atoms in total. The molecule has 0 bridgehead atoms. The molecular weight excluding hydrogens is 417 g/mol. The molecule has 14 heteroatoms. The minimum atomic E-state index is -4.64. The normalized spacial score (nSPS) is 20.2. The summed E-state index contributed by atoms with van der Waals surface area (Å²) in [5, 5.41) is 4.88. The van der Waals surface area contributed by atoms with Gasteiger partial charge in [-0.05, 0) is 30.7 Å². The molecule has 2 aliphatic rings. The predicted octanol–water partition coefficient (Wildman–Crippen LogP) is -1.86. The van der Waals surface area contributed by atoms with E-state index in [0.717, 1.165) is 0 Å². The molecule has 2 heterocycles. The van der Waals surface area contributed by atoms with E-state index in [-0.39, 0.29) is 54.6 Å². The Morgan fingerprint density at radius 2 is 1.83 bits per heavy atom. The van der Waals surface area contributed by atoms with Crippen LogP contribution >= 0.6 is 0 Å². The maximum absolute atomic E-state index is 12.4. The molecule has 3 rings (SSSR count). The van der Waals surface area contributed by atoms with Crippen molar-refractivity contribution in [3.63, 3.8) is 0 Å². The molecule has 5 amide bonds. The van der Waals surface area contributed by atoms with Crippen molar-refractivity contribution in [3.8, 4) is 0 Å². The molecule has 2 aliphatic heterocycles. The topological polar surface area (TPSA) is 179 Å². The van der Waals surface area contributed by atoms with Gasteiger partial charge in [-0.15, -0.1) is 0 Å². The van der Waals surface area contributed by atoms with Crippen molar-refractivity contribution < 1.29 is 32.1 Å². The Balaban J connectivity index is 0.00000300. The number of β-lactam (4-membered cyclic amide) rings is 1. The molecule has 0 unspecified atom stereocenters. The van der Waals surface area contributed by atoms with Crippen LogP contribution in [0.4, 0.5) is 10.5 Å². The number of hydrogen-bond acceptors (Lipinski definition) is 6. The van der Waals surface area contributed by atoms with Gasteiger partial charge in [-0.3, -0.25) is 18.9 Å². The van der Waals surface area contributed by atoms with Gasteiger partial charge in [0.05, 0.1) is 12.6 Å². The van der Waals surface area contributed by atoms with Gasteiger partial charge >= 0.3 is 16.3 Å². The Morgan fingerprint density at radius 3 is 2.38 bits per heavy atom.